The molecule has 0 saturated carbocycles. The lowest BCUT2D eigenvalue weighted by Crippen LogP contribution is -2.04. The fourth-order valence-corrected chi connectivity index (χ4v) is 1.84. The molecule has 0 saturated heterocycles. The van der Waals surface area contributed by atoms with Gasteiger partial charge in [-0.15, -0.1) is 0 Å². The van der Waals surface area contributed by atoms with Crippen molar-refractivity contribution in [2.75, 3.05) is 7.05 Å². The number of benzene rings is 1. The average molecular weight is 239 g/mol. The van der Waals surface area contributed by atoms with Crippen molar-refractivity contribution in [3.8, 4) is 11.3 Å². The maximum atomic E-state index is 13.5. The van der Waals surface area contributed by atoms with Gasteiger partial charge < -0.3 is 10.3 Å². The first-order valence-electron chi connectivity index (χ1n) is 4.99. The third-order valence-corrected chi connectivity index (χ3v) is 2.71. The van der Waals surface area contributed by atoms with Crippen LogP contribution in [0.25, 0.3) is 11.3 Å². The molecular formula is C12H12ClFN2. The lowest BCUT2D eigenvalue weighted by Gasteiger charge is -1.98. The summed E-state index contributed by atoms with van der Waals surface area (Å²) >= 11 is 6.01. The molecule has 4 heteroatoms. The van der Waals surface area contributed by atoms with E-state index < -0.39 is 0 Å². The Kier molecular flexibility index (Phi) is 3.27. The van der Waals surface area contributed by atoms with E-state index in [0.717, 1.165) is 5.56 Å². The highest BCUT2D eigenvalue weighted by Gasteiger charge is 2.10. The molecule has 0 aliphatic heterocycles. The summed E-state index contributed by atoms with van der Waals surface area (Å²) in [7, 11) is 1.84. The van der Waals surface area contributed by atoms with Gasteiger partial charge in [0.25, 0.3) is 0 Å². The summed E-state index contributed by atoms with van der Waals surface area (Å²) in [6.07, 6.45) is 0. The van der Waals surface area contributed by atoms with E-state index in [9.17, 15) is 4.39 Å². The Balaban J connectivity index is 2.42. The highest BCUT2D eigenvalue weighted by Crippen LogP contribution is 2.26. The topological polar surface area (TPSA) is 27.8 Å². The van der Waals surface area contributed by atoms with Gasteiger partial charge in [0.2, 0.25) is 0 Å². The Labute approximate surface area is 98.4 Å². The van der Waals surface area contributed by atoms with Crippen LogP contribution in [0.2, 0.25) is 5.15 Å². The third-order valence-electron chi connectivity index (χ3n) is 2.38. The predicted molar refractivity (Wildman–Crippen MR) is 64.0 cm³/mol. The molecule has 0 aliphatic carbocycles. The molecule has 0 radical (unpaired) electrons. The van der Waals surface area contributed by atoms with Gasteiger partial charge in [0, 0.05) is 23.4 Å². The van der Waals surface area contributed by atoms with E-state index in [0.29, 0.717) is 23.0 Å². The molecule has 2 aromatic rings. The van der Waals surface area contributed by atoms with Crippen molar-refractivity contribution in [2.24, 2.45) is 0 Å². The van der Waals surface area contributed by atoms with Crippen LogP contribution in [0.4, 0.5) is 4.39 Å². The number of aromatic amines is 1. The van der Waals surface area contributed by atoms with E-state index in [1.54, 1.807) is 18.2 Å². The Bertz CT molecular complexity index is 494. The minimum Gasteiger partial charge on any atom is -0.345 e. The lowest BCUT2D eigenvalue weighted by molar-refractivity contribution is 0.631. The van der Waals surface area contributed by atoms with Gasteiger partial charge in [-0.2, -0.15) is 0 Å². The van der Waals surface area contributed by atoms with Crippen LogP contribution in [-0.4, -0.2) is 12.0 Å². The summed E-state index contributed by atoms with van der Waals surface area (Å²) in [6.45, 7) is 0.657. The molecule has 2 rings (SSSR count). The smallest absolute Gasteiger partial charge is 0.132 e. The first-order valence-corrected chi connectivity index (χ1v) is 5.37. The third kappa shape index (κ3) is 2.10. The van der Waals surface area contributed by atoms with Gasteiger partial charge in [0.1, 0.15) is 11.0 Å². The summed E-state index contributed by atoms with van der Waals surface area (Å²) in [5, 5.41) is 3.55. The van der Waals surface area contributed by atoms with Crippen LogP contribution in [0.1, 0.15) is 5.56 Å². The van der Waals surface area contributed by atoms with Crippen LogP contribution >= 0.6 is 11.6 Å². The van der Waals surface area contributed by atoms with Gasteiger partial charge in [-0.05, 0) is 25.2 Å². The van der Waals surface area contributed by atoms with Crippen molar-refractivity contribution < 1.29 is 4.39 Å². The minimum absolute atomic E-state index is 0.253. The molecule has 0 bridgehead atoms. The fraction of sp³-hybridized carbons (Fsp3) is 0.167. The highest BCUT2D eigenvalue weighted by molar-refractivity contribution is 6.30. The standard InChI is InChI=1S/C12H12ClFN2/c1-15-7-8-6-11(16-12(8)13)9-4-2-3-5-10(9)14/h2-6,15-16H,7H2,1H3. The maximum Gasteiger partial charge on any atom is 0.132 e. The predicted octanol–water partition coefficient (Wildman–Crippen LogP) is 3.19. The zero-order chi connectivity index (χ0) is 11.5. The molecule has 2 nitrogen and oxygen atoms in total. The molecule has 0 unspecified atom stereocenters. The number of nitrogens with one attached hydrogen (secondary N) is 2. The first kappa shape index (κ1) is 11.2. The summed E-state index contributed by atoms with van der Waals surface area (Å²) < 4.78 is 13.5. The van der Waals surface area contributed by atoms with E-state index >= 15 is 0 Å². The largest absolute Gasteiger partial charge is 0.345 e. The molecular weight excluding hydrogens is 227 g/mol. The normalized spacial score (nSPS) is 10.7. The Morgan fingerprint density at radius 3 is 2.81 bits per heavy atom. The Hall–Kier alpha value is -1.32. The summed E-state index contributed by atoms with van der Waals surface area (Å²) in [6, 6.07) is 8.47. The summed E-state index contributed by atoms with van der Waals surface area (Å²) in [4.78, 5) is 2.97. The zero-order valence-corrected chi connectivity index (χ0v) is 9.61. The molecule has 1 aromatic heterocycles. The van der Waals surface area contributed by atoms with Crippen LogP contribution in [-0.2, 0) is 6.54 Å². The van der Waals surface area contributed by atoms with Crippen LogP contribution in [0.15, 0.2) is 30.3 Å². The first-order chi connectivity index (χ1) is 7.72. The van der Waals surface area contributed by atoms with Crippen LogP contribution < -0.4 is 5.32 Å². The van der Waals surface area contributed by atoms with E-state index in [1.807, 2.05) is 13.1 Å². The van der Waals surface area contributed by atoms with E-state index in [-0.39, 0.29) is 5.82 Å². The van der Waals surface area contributed by atoms with Crippen molar-refractivity contribution in [2.45, 2.75) is 6.54 Å². The monoisotopic (exact) mass is 238 g/mol. The molecule has 84 valence electrons. The number of halogens is 2. The molecule has 1 aromatic carbocycles. The van der Waals surface area contributed by atoms with Crippen LogP contribution in [0.3, 0.4) is 0 Å². The van der Waals surface area contributed by atoms with E-state index in [2.05, 4.69) is 10.3 Å². The Morgan fingerprint density at radius 1 is 1.38 bits per heavy atom. The van der Waals surface area contributed by atoms with Gasteiger partial charge in [-0.25, -0.2) is 4.39 Å². The Morgan fingerprint density at radius 2 is 2.12 bits per heavy atom. The SMILES string of the molecule is CNCc1cc(-c2ccccc2F)[nH]c1Cl. The number of hydrogen-bond donors (Lipinski definition) is 2. The number of hydrogen-bond acceptors (Lipinski definition) is 1. The highest BCUT2D eigenvalue weighted by atomic mass is 35.5. The zero-order valence-electron chi connectivity index (χ0n) is 8.85. The molecule has 0 spiro atoms. The van der Waals surface area contributed by atoms with Crippen molar-refractivity contribution in [1.82, 2.24) is 10.3 Å². The second kappa shape index (κ2) is 4.68. The second-order valence-electron chi connectivity index (χ2n) is 3.53. The maximum absolute atomic E-state index is 13.5. The van der Waals surface area contributed by atoms with Crippen molar-refractivity contribution >= 4 is 11.6 Å². The van der Waals surface area contributed by atoms with Crippen LogP contribution in [0.5, 0.6) is 0 Å². The molecule has 0 aliphatic rings. The quantitative estimate of drug-likeness (QED) is 0.845. The van der Waals surface area contributed by atoms with Gasteiger partial charge >= 0.3 is 0 Å². The van der Waals surface area contributed by atoms with Gasteiger partial charge in [0.05, 0.1) is 0 Å². The molecule has 0 amide bonds. The van der Waals surface area contributed by atoms with Crippen molar-refractivity contribution in [3.63, 3.8) is 0 Å². The second-order valence-corrected chi connectivity index (χ2v) is 3.91. The molecule has 16 heavy (non-hydrogen) atoms. The van der Waals surface area contributed by atoms with Crippen LogP contribution in [0, 0.1) is 5.82 Å². The summed E-state index contributed by atoms with van der Waals surface area (Å²) in [5.41, 5.74) is 2.17. The van der Waals surface area contributed by atoms with Gasteiger partial charge in [0.15, 0.2) is 0 Å². The number of rotatable bonds is 3. The van der Waals surface area contributed by atoms with E-state index in [1.165, 1.54) is 6.07 Å². The van der Waals surface area contributed by atoms with Gasteiger partial charge in [-0.3, -0.25) is 0 Å². The average Bonchev–Trinajstić information content (AvgIpc) is 2.61. The fourth-order valence-electron chi connectivity index (χ4n) is 1.62. The molecule has 2 N–H and O–H groups in total. The lowest BCUT2D eigenvalue weighted by atomic mass is 10.1. The van der Waals surface area contributed by atoms with Crippen molar-refractivity contribution in [3.05, 3.63) is 46.9 Å². The number of aromatic nitrogens is 1. The van der Waals surface area contributed by atoms with Crippen molar-refractivity contribution in [1.29, 1.82) is 0 Å². The minimum atomic E-state index is -0.253. The molecule has 0 atom stereocenters. The van der Waals surface area contributed by atoms with Gasteiger partial charge in [-0.1, -0.05) is 23.7 Å². The summed E-state index contributed by atoms with van der Waals surface area (Å²) in [5.74, 6) is -0.253. The van der Waals surface area contributed by atoms with E-state index in [4.69, 9.17) is 11.6 Å². The molecule has 1 heterocycles. The number of H-pyrrole nitrogens is 1. The molecule has 0 fully saturated rings.